The maximum absolute atomic E-state index is 12.1. The number of carbonyl (C=O) groups is 2. The van der Waals surface area contributed by atoms with Gasteiger partial charge in [0.15, 0.2) is 0 Å². The summed E-state index contributed by atoms with van der Waals surface area (Å²) in [5.74, 6) is -1.39. The van der Waals surface area contributed by atoms with E-state index in [0.29, 0.717) is 5.69 Å². The van der Waals surface area contributed by atoms with Crippen LogP contribution in [0.3, 0.4) is 0 Å². The van der Waals surface area contributed by atoms with Crippen LogP contribution in [0.2, 0.25) is 0 Å². The molecule has 0 saturated heterocycles. The number of aryl methyl sites for hydroxylation is 1. The average Bonchev–Trinajstić information content (AvgIpc) is 2.41. The number of carboxylic acids is 1. The molecule has 5 nitrogen and oxygen atoms in total. The van der Waals surface area contributed by atoms with Gasteiger partial charge in [-0.1, -0.05) is 24.3 Å². The summed E-state index contributed by atoms with van der Waals surface area (Å²) in [6, 6.07) is 11.9. The van der Waals surface area contributed by atoms with E-state index >= 15 is 0 Å². The monoisotopic (exact) mass is 284 g/mol. The lowest BCUT2D eigenvalue weighted by molar-refractivity contribution is -0.115. The van der Waals surface area contributed by atoms with Gasteiger partial charge < -0.3 is 16.2 Å². The molecule has 1 amide bonds. The number of rotatable bonds is 4. The third kappa shape index (κ3) is 3.60. The van der Waals surface area contributed by atoms with Crippen molar-refractivity contribution in [3.8, 4) is 0 Å². The lowest BCUT2D eigenvalue weighted by atomic mass is 10.1. The third-order valence-corrected chi connectivity index (χ3v) is 3.16. The van der Waals surface area contributed by atoms with Crippen molar-refractivity contribution in [2.75, 3.05) is 11.1 Å². The fourth-order valence-electron chi connectivity index (χ4n) is 2.03. The molecule has 0 heterocycles. The molecule has 0 aliphatic rings. The Kier molecular flexibility index (Phi) is 4.23. The van der Waals surface area contributed by atoms with Gasteiger partial charge in [0.1, 0.15) is 0 Å². The Balaban J connectivity index is 2.18. The van der Waals surface area contributed by atoms with Crippen LogP contribution in [0.4, 0.5) is 11.4 Å². The molecule has 108 valence electrons. The highest BCUT2D eigenvalue weighted by Gasteiger charge is 2.13. The van der Waals surface area contributed by atoms with Gasteiger partial charge >= 0.3 is 5.97 Å². The Morgan fingerprint density at radius 2 is 1.90 bits per heavy atom. The predicted octanol–water partition coefficient (Wildman–Crippen LogP) is 2.46. The van der Waals surface area contributed by atoms with E-state index in [1.807, 2.05) is 31.2 Å². The number of hydrogen-bond donors (Lipinski definition) is 3. The molecule has 5 heteroatoms. The SMILES string of the molecule is Cc1ccccc1CC(=O)Nc1cc(N)ccc1C(=O)O. The number of aromatic carboxylic acids is 1. The van der Waals surface area contributed by atoms with Crippen LogP contribution < -0.4 is 11.1 Å². The molecule has 21 heavy (non-hydrogen) atoms. The van der Waals surface area contributed by atoms with E-state index in [2.05, 4.69) is 5.32 Å². The Bertz CT molecular complexity index is 696. The second kappa shape index (κ2) is 6.09. The zero-order chi connectivity index (χ0) is 15.4. The van der Waals surface area contributed by atoms with Gasteiger partial charge in [0.2, 0.25) is 5.91 Å². The van der Waals surface area contributed by atoms with Crippen LogP contribution >= 0.6 is 0 Å². The minimum atomic E-state index is -1.11. The van der Waals surface area contributed by atoms with Crippen LogP contribution in [0, 0.1) is 6.92 Å². The second-order valence-corrected chi connectivity index (χ2v) is 4.76. The Morgan fingerprint density at radius 3 is 2.57 bits per heavy atom. The Morgan fingerprint density at radius 1 is 1.19 bits per heavy atom. The minimum Gasteiger partial charge on any atom is -0.478 e. The number of nitrogens with one attached hydrogen (secondary N) is 1. The number of hydrogen-bond acceptors (Lipinski definition) is 3. The van der Waals surface area contributed by atoms with Gasteiger partial charge in [-0.25, -0.2) is 4.79 Å². The standard InChI is InChI=1S/C16H16N2O3/c1-10-4-2-3-5-11(10)8-15(19)18-14-9-12(17)6-7-13(14)16(20)21/h2-7,9H,8,17H2,1H3,(H,18,19)(H,20,21). The Labute approximate surface area is 122 Å². The van der Waals surface area contributed by atoms with E-state index < -0.39 is 5.97 Å². The lowest BCUT2D eigenvalue weighted by Gasteiger charge is -2.10. The highest BCUT2D eigenvalue weighted by atomic mass is 16.4. The molecule has 2 rings (SSSR count). The van der Waals surface area contributed by atoms with Crippen molar-refractivity contribution in [2.45, 2.75) is 13.3 Å². The van der Waals surface area contributed by atoms with Gasteiger partial charge in [-0.2, -0.15) is 0 Å². The summed E-state index contributed by atoms with van der Waals surface area (Å²) in [6.45, 7) is 1.92. The molecule has 0 aliphatic heterocycles. The molecule has 2 aromatic rings. The van der Waals surface area contributed by atoms with Gasteiger partial charge in [0, 0.05) is 5.69 Å². The molecule has 0 spiro atoms. The highest BCUT2D eigenvalue weighted by Crippen LogP contribution is 2.20. The highest BCUT2D eigenvalue weighted by molar-refractivity contribution is 6.01. The molecule has 0 fully saturated rings. The van der Waals surface area contributed by atoms with Crippen molar-refractivity contribution < 1.29 is 14.7 Å². The number of nitrogen functional groups attached to an aromatic ring is 1. The summed E-state index contributed by atoms with van der Waals surface area (Å²) in [4.78, 5) is 23.2. The quantitative estimate of drug-likeness (QED) is 0.752. The van der Waals surface area contributed by atoms with E-state index in [1.165, 1.54) is 18.2 Å². The average molecular weight is 284 g/mol. The molecular weight excluding hydrogens is 268 g/mol. The number of nitrogens with two attached hydrogens (primary N) is 1. The fraction of sp³-hybridized carbons (Fsp3) is 0.125. The summed E-state index contributed by atoms with van der Waals surface area (Å²) in [5.41, 5.74) is 8.17. The van der Waals surface area contributed by atoms with Crippen molar-refractivity contribution >= 4 is 23.3 Å². The first-order chi connectivity index (χ1) is 9.97. The van der Waals surface area contributed by atoms with Crippen LogP contribution in [0.1, 0.15) is 21.5 Å². The molecular formula is C16H16N2O3. The summed E-state index contributed by atoms with van der Waals surface area (Å²) in [6.07, 6.45) is 0.181. The summed E-state index contributed by atoms with van der Waals surface area (Å²) < 4.78 is 0. The predicted molar refractivity (Wildman–Crippen MR) is 81.3 cm³/mol. The molecule has 0 atom stereocenters. The van der Waals surface area contributed by atoms with Crippen molar-refractivity contribution in [1.82, 2.24) is 0 Å². The maximum Gasteiger partial charge on any atom is 0.337 e. The van der Waals surface area contributed by atoms with Crippen molar-refractivity contribution in [1.29, 1.82) is 0 Å². The van der Waals surface area contributed by atoms with Gasteiger partial charge in [-0.3, -0.25) is 4.79 Å². The van der Waals surface area contributed by atoms with Crippen molar-refractivity contribution in [3.05, 3.63) is 59.2 Å². The first-order valence-corrected chi connectivity index (χ1v) is 6.44. The minimum absolute atomic E-state index is 0.0160. The fourth-order valence-corrected chi connectivity index (χ4v) is 2.03. The first-order valence-electron chi connectivity index (χ1n) is 6.44. The van der Waals surface area contributed by atoms with E-state index in [9.17, 15) is 9.59 Å². The zero-order valence-corrected chi connectivity index (χ0v) is 11.6. The van der Waals surface area contributed by atoms with Crippen LogP contribution in [0.25, 0.3) is 0 Å². The molecule has 0 aromatic heterocycles. The molecule has 0 bridgehead atoms. The molecule has 2 aromatic carbocycles. The van der Waals surface area contributed by atoms with Crippen molar-refractivity contribution in [3.63, 3.8) is 0 Å². The number of anilines is 2. The third-order valence-electron chi connectivity index (χ3n) is 3.16. The number of carbonyl (C=O) groups excluding carboxylic acids is 1. The summed E-state index contributed by atoms with van der Waals surface area (Å²) in [7, 11) is 0. The number of benzene rings is 2. The van der Waals surface area contributed by atoms with Crippen molar-refractivity contribution in [2.24, 2.45) is 0 Å². The number of amides is 1. The van der Waals surface area contributed by atoms with Gasteiger partial charge in [0.25, 0.3) is 0 Å². The van der Waals surface area contributed by atoms with E-state index in [0.717, 1.165) is 11.1 Å². The maximum atomic E-state index is 12.1. The second-order valence-electron chi connectivity index (χ2n) is 4.76. The normalized spacial score (nSPS) is 10.1. The van der Waals surface area contributed by atoms with Crippen LogP contribution in [-0.4, -0.2) is 17.0 Å². The molecule has 4 N–H and O–H groups in total. The van der Waals surface area contributed by atoms with E-state index in [1.54, 1.807) is 0 Å². The van der Waals surface area contributed by atoms with Crippen LogP contribution in [0.5, 0.6) is 0 Å². The molecule has 0 unspecified atom stereocenters. The Hall–Kier alpha value is -2.82. The molecule has 0 radical (unpaired) electrons. The molecule has 0 saturated carbocycles. The van der Waals surface area contributed by atoms with Gasteiger partial charge in [0.05, 0.1) is 17.7 Å². The van der Waals surface area contributed by atoms with E-state index in [4.69, 9.17) is 10.8 Å². The van der Waals surface area contributed by atoms with Crippen LogP contribution in [0.15, 0.2) is 42.5 Å². The largest absolute Gasteiger partial charge is 0.478 e. The summed E-state index contributed by atoms with van der Waals surface area (Å²) in [5, 5.41) is 11.7. The molecule has 0 aliphatic carbocycles. The van der Waals surface area contributed by atoms with Crippen LogP contribution in [-0.2, 0) is 11.2 Å². The van der Waals surface area contributed by atoms with Gasteiger partial charge in [-0.15, -0.1) is 0 Å². The zero-order valence-electron chi connectivity index (χ0n) is 11.6. The van der Waals surface area contributed by atoms with Gasteiger partial charge in [-0.05, 0) is 36.2 Å². The smallest absolute Gasteiger partial charge is 0.337 e. The topological polar surface area (TPSA) is 92.4 Å². The summed E-state index contributed by atoms with van der Waals surface area (Å²) >= 11 is 0. The van der Waals surface area contributed by atoms with E-state index in [-0.39, 0.29) is 23.6 Å². The lowest BCUT2D eigenvalue weighted by Crippen LogP contribution is -2.17. The number of carboxylic acid groups (broad SMARTS) is 1. The first kappa shape index (κ1) is 14.6.